The maximum Gasteiger partial charge on any atom is 0.266 e. The van der Waals surface area contributed by atoms with Crippen LogP contribution in [-0.2, 0) is 11.3 Å². The number of aromatic nitrogens is 2. The molecule has 1 heterocycles. The summed E-state index contributed by atoms with van der Waals surface area (Å²) in [6.07, 6.45) is 0.866. The Balaban J connectivity index is 2.05. The Labute approximate surface area is 134 Å². The van der Waals surface area contributed by atoms with Crippen molar-refractivity contribution in [3.05, 3.63) is 52.6 Å². The minimum absolute atomic E-state index is 0.0391. The molecule has 0 atom stereocenters. The van der Waals surface area contributed by atoms with Gasteiger partial charge in [0.15, 0.2) is 0 Å². The fourth-order valence-electron chi connectivity index (χ4n) is 2.17. The first-order chi connectivity index (χ1) is 11.0. The van der Waals surface area contributed by atoms with Gasteiger partial charge in [0, 0.05) is 30.6 Å². The highest BCUT2D eigenvalue weighted by atomic mass is 19.1. The first-order valence-corrected chi connectivity index (χ1v) is 7.59. The molecule has 0 bridgehead atoms. The van der Waals surface area contributed by atoms with Crippen LogP contribution in [0.3, 0.4) is 0 Å². The number of carbonyl (C=O) groups excluding carboxylic acids is 1. The van der Waals surface area contributed by atoms with Crippen LogP contribution < -0.4 is 10.9 Å². The van der Waals surface area contributed by atoms with Crippen molar-refractivity contribution in [1.29, 1.82) is 0 Å². The molecule has 0 saturated heterocycles. The highest BCUT2D eigenvalue weighted by molar-refractivity contribution is 5.76. The molecule has 6 heteroatoms. The number of nitrogens with zero attached hydrogens (tertiary/aromatic N) is 2. The highest BCUT2D eigenvalue weighted by Gasteiger charge is 2.06. The second-order valence-corrected chi connectivity index (χ2v) is 5.61. The van der Waals surface area contributed by atoms with Crippen molar-refractivity contribution < 1.29 is 9.18 Å². The zero-order valence-electron chi connectivity index (χ0n) is 13.3. The molecule has 5 nitrogen and oxygen atoms in total. The summed E-state index contributed by atoms with van der Waals surface area (Å²) in [6.45, 7) is 4.16. The molecule has 0 aliphatic carbocycles. The summed E-state index contributed by atoms with van der Waals surface area (Å²) in [4.78, 5) is 23.4. The number of halogens is 1. The van der Waals surface area contributed by atoms with Crippen molar-refractivity contribution in [3.63, 3.8) is 0 Å². The molecule has 1 aromatic heterocycles. The van der Waals surface area contributed by atoms with Crippen LogP contribution >= 0.6 is 0 Å². The molecule has 0 aliphatic heterocycles. The number of hydrogen-bond acceptors (Lipinski definition) is 3. The SMILES string of the molecule is CC(C)NC(=O)CCCn1nc(-c2ccc(F)cc2)ccc1=O. The van der Waals surface area contributed by atoms with Crippen molar-refractivity contribution in [2.45, 2.75) is 39.3 Å². The van der Waals surface area contributed by atoms with Crippen molar-refractivity contribution in [2.75, 3.05) is 0 Å². The molecule has 0 spiro atoms. The molecule has 23 heavy (non-hydrogen) atoms. The standard InChI is InChI=1S/C17H20FN3O2/c1-12(2)19-16(22)4-3-11-21-17(23)10-9-15(20-21)13-5-7-14(18)8-6-13/h5-10,12H,3-4,11H2,1-2H3,(H,19,22). The molecule has 1 amide bonds. The Morgan fingerprint density at radius 1 is 1.22 bits per heavy atom. The maximum atomic E-state index is 13.0. The van der Waals surface area contributed by atoms with Gasteiger partial charge >= 0.3 is 0 Å². The Morgan fingerprint density at radius 3 is 2.57 bits per heavy atom. The number of rotatable bonds is 6. The van der Waals surface area contributed by atoms with Gasteiger partial charge in [0.25, 0.3) is 5.56 Å². The number of benzene rings is 1. The third kappa shape index (κ3) is 5.02. The van der Waals surface area contributed by atoms with Crippen molar-refractivity contribution in [1.82, 2.24) is 15.1 Å². The number of amides is 1. The van der Waals surface area contributed by atoms with Crippen LogP contribution in [0.25, 0.3) is 11.3 Å². The van der Waals surface area contributed by atoms with Gasteiger partial charge in [0.2, 0.25) is 5.91 Å². The molecule has 0 aliphatic rings. The van der Waals surface area contributed by atoms with Crippen LogP contribution in [0.15, 0.2) is 41.2 Å². The first kappa shape index (κ1) is 16.9. The van der Waals surface area contributed by atoms with E-state index in [1.165, 1.54) is 22.9 Å². The smallest absolute Gasteiger partial charge is 0.266 e. The van der Waals surface area contributed by atoms with Gasteiger partial charge in [-0.3, -0.25) is 9.59 Å². The molecular formula is C17H20FN3O2. The Kier molecular flexibility index (Phi) is 5.62. The summed E-state index contributed by atoms with van der Waals surface area (Å²) in [6, 6.07) is 9.07. The molecule has 2 rings (SSSR count). The largest absolute Gasteiger partial charge is 0.354 e. The molecule has 0 radical (unpaired) electrons. The summed E-state index contributed by atoms with van der Waals surface area (Å²) in [5.41, 5.74) is 1.11. The maximum absolute atomic E-state index is 13.0. The Hall–Kier alpha value is -2.50. The van der Waals surface area contributed by atoms with Gasteiger partial charge in [0.1, 0.15) is 5.82 Å². The van der Waals surface area contributed by atoms with Crippen LogP contribution in [0.2, 0.25) is 0 Å². The number of nitrogens with one attached hydrogen (secondary N) is 1. The number of carbonyl (C=O) groups is 1. The molecule has 1 N–H and O–H groups in total. The molecule has 0 saturated carbocycles. The fraction of sp³-hybridized carbons (Fsp3) is 0.353. The predicted octanol–water partition coefficient (Wildman–Crippen LogP) is 2.35. The van der Waals surface area contributed by atoms with E-state index in [-0.39, 0.29) is 23.3 Å². The zero-order chi connectivity index (χ0) is 16.8. The van der Waals surface area contributed by atoms with Crippen LogP contribution in [-0.4, -0.2) is 21.7 Å². The predicted molar refractivity (Wildman–Crippen MR) is 86.4 cm³/mol. The van der Waals surface area contributed by atoms with Gasteiger partial charge in [-0.25, -0.2) is 9.07 Å². The second kappa shape index (κ2) is 7.67. The number of hydrogen-bond donors (Lipinski definition) is 1. The Bertz CT molecular complexity index is 723. The van der Waals surface area contributed by atoms with E-state index in [0.29, 0.717) is 25.1 Å². The highest BCUT2D eigenvalue weighted by Crippen LogP contribution is 2.15. The van der Waals surface area contributed by atoms with Gasteiger partial charge in [-0.2, -0.15) is 5.10 Å². The van der Waals surface area contributed by atoms with E-state index in [4.69, 9.17) is 0 Å². The van der Waals surface area contributed by atoms with Crippen molar-refractivity contribution >= 4 is 5.91 Å². The molecule has 0 unspecified atom stereocenters. The average molecular weight is 317 g/mol. The van der Waals surface area contributed by atoms with E-state index in [9.17, 15) is 14.0 Å². The summed E-state index contributed by atoms with van der Waals surface area (Å²) in [5, 5.41) is 7.08. The fourth-order valence-corrected chi connectivity index (χ4v) is 2.17. The van der Waals surface area contributed by atoms with Crippen LogP contribution in [0.1, 0.15) is 26.7 Å². The van der Waals surface area contributed by atoms with Crippen LogP contribution in [0.4, 0.5) is 4.39 Å². The van der Waals surface area contributed by atoms with Gasteiger partial charge in [-0.15, -0.1) is 0 Å². The lowest BCUT2D eigenvalue weighted by molar-refractivity contribution is -0.121. The summed E-state index contributed by atoms with van der Waals surface area (Å²) in [7, 11) is 0. The molecule has 0 fully saturated rings. The summed E-state index contributed by atoms with van der Waals surface area (Å²) < 4.78 is 14.3. The van der Waals surface area contributed by atoms with Gasteiger partial charge in [-0.1, -0.05) is 0 Å². The lowest BCUT2D eigenvalue weighted by Gasteiger charge is -2.09. The van der Waals surface area contributed by atoms with E-state index in [1.807, 2.05) is 13.8 Å². The summed E-state index contributed by atoms with van der Waals surface area (Å²) >= 11 is 0. The quantitative estimate of drug-likeness (QED) is 0.889. The van der Waals surface area contributed by atoms with E-state index >= 15 is 0 Å². The summed E-state index contributed by atoms with van der Waals surface area (Å²) in [5.74, 6) is -0.360. The topological polar surface area (TPSA) is 64.0 Å². The molecule has 122 valence electrons. The van der Waals surface area contributed by atoms with E-state index in [0.717, 1.165) is 5.56 Å². The molecule has 2 aromatic rings. The third-order valence-electron chi connectivity index (χ3n) is 3.23. The first-order valence-electron chi connectivity index (χ1n) is 7.59. The van der Waals surface area contributed by atoms with Gasteiger partial charge < -0.3 is 5.32 Å². The number of aryl methyl sites for hydroxylation is 1. The Morgan fingerprint density at radius 2 is 1.91 bits per heavy atom. The third-order valence-corrected chi connectivity index (χ3v) is 3.23. The van der Waals surface area contributed by atoms with Crippen LogP contribution in [0, 0.1) is 5.82 Å². The normalized spacial score (nSPS) is 10.8. The van der Waals surface area contributed by atoms with E-state index in [2.05, 4.69) is 10.4 Å². The average Bonchev–Trinajstić information content (AvgIpc) is 2.49. The van der Waals surface area contributed by atoms with E-state index in [1.54, 1.807) is 18.2 Å². The molecular weight excluding hydrogens is 297 g/mol. The minimum atomic E-state index is -0.321. The second-order valence-electron chi connectivity index (χ2n) is 5.61. The zero-order valence-corrected chi connectivity index (χ0v) is 13.3. The van der Waals surface area contributed by atoms with Gasteiger partial charge in [0.05, 0.1) is 5.69 Å². The lowest BCUT2D eigenvalue weighted by Crippen LogP contribution is -2.30. The lowest BCUT2D eigenvalue weighted by atomic mass is 10.1. The van der Waals surface area contributed by atoms with Crippen LogP contribution in [0.5, 0.6) is 0 Å². The monoisotopic (exact) mass is 317 g/mol. The van der Waals surface area contributed by atoms with Crippen molar-refractivity contribution in [3.8, 4) is 11.3 Å². The van der Waals surface area contributed by atoms with Gasteiger partial charge in [-0.05, 0) is 50.6 Å². The molecule has 1 aromatic carbocycles. The van der Waals surface area contributed by atoms with E-state index < -0.39 is 0 Å². The minimum Gasteiger partial charge on any atom is -0.354 e. The van der Waals surface area contributed by atoms with Crippen molar-refractivity contribution in [2.24, 2.45) is 0 Å².